The van der Waals surface area contributed by atoms with Gasteiger partial charge < -0.3 is 10.2 Å². The van der Waals surface area contributed by atoms with Gasteiger partial charge in [0.25, 0.3) is 0 Å². The smallest absolute Gasteiger partial charge is 0.0328 e. The van der Waals surface area contributed by atoms with E-state index in [1.807, 2.05) is 6.08 Å². The van der Waals surface area contributed by atoms with E-state index in [0.717, 1.165) is 6.54 Å². The van der Waals surface area contributed by atoms with Gasteiger partial charge in [0, 0.05) is 18.1 Å². The molecule has 0 aromatic rings. The third-order valence-corrected chi connectivity index (χ3v) is 3.59. The van der Waals surface area contributed by atoms with Crippen molar-refractivity contribution in [3.8, 4) is 0 Å². The summed E-state index contributed by atoms with van der Waals surface area (Å²) >= 11 is 0. The van der Waals surface area contributed by atoms with E-state index in [0.29, 0.717) is 11.6 Å². The normalized spacial score (nSPS) is 22.6. The van der Waals surface area contributed by atoms with Gasteiger partial charge in [-0.05, 0) is 33.9 Å². The summed E-state index contributed by atoms with van der Waals surface area (Å²) in [5, 5.41) is 3.54. The Morgan fingerprint density at radius 1 is 1.43 bits per heavy atom. The topological polar surface area (TPSA) is 15.3 Å². The monoisotopic (exact) mass is 196 g/mol. The average Bonchev–Trinajstić information content (AvgIpc) is 2.64. The number of rotatable bonds is 5. The highest BCUT2D eigenvalue weighted by molar-refractivity contribution is 4.96. The van der Waals surface area contributed by atoms with Crippen molar-refractivity contribution >= 4 is 0 Å². The molecule has 82 valence electrons. The second-order valence-corrected chi connectivity index (χ2v) is 4.73. The summed E-state index contributed by atoms with van der Waals surface area (Å²) in [5.41, 5.74) is 0.400. The van der Waals surface area contributed by atoms with Crippen LogP contribution in [0.5, 0.6) is 0 Å². The van der Waals surface area contributed by atoms with Crippen molar-refractivity contribution in [1.82, 2.24) is 10.2 Å². The minimum atomic E-state index is 0.400. The van der Waals surface area contributed by atoms with Gasteiger partial charge in [-0.3, -0.25) is 0 Å². The van der Waals surface area contributed by atoms with Crippen LogP contribution in [-0.4, -0.2) is 37.1 Å². The number of nitrogens with zero attached hydrogens (tertiary/aromatic N) is 1. The summed E-state index contributed by atoms with van der Waals surface area (Å²) in [5.74, 6) is 0. The van der Waals surface area contributed by atoms with Gasteiger partial charge >= 0.3 is 0 Å². The van der Waals surface area contributed by atoms with Gasteiger partial charge in [-0.1, -0.05) is 18.9 Å². The molecule has 1 saturated carbocycles. The van der Waals surface area contributed by atoms with E-state index in [1.54, 1.807) is 0 Å². The standard InChI is InChI=1S/C12H24N2/c1-5-11(2)13-10-12(14(3)4)8-6-7-9-12/h5,11,13H,1,6-10H2,2-4H3. The van der Waals surface area contributed by atoms with E-state index in [4.69, 9.17) is 0 Å². The van der Waals surface area contributed by atoms with Crippen molar-refractivity contribution in [2.75, 3.05) is 20.6 Å². The van der Waals surface area contributed by atoms with Crippen molar-refractivity contribution in [2.45, 2.75) is 44.2 Å². The Morgan fingerprint density at radius 3 is 2.43 bits per heavy atom. The van der Waals surface area contributed by atoms with Crippen LogP contribution in [0.2, 0.25) is 0 Å². The third kappa shape index (κ3) is 2.58. The van der Waals surface area contributed by atoms with Gasteiger partial charge in [0.1, 0.15) is 0 Å². The van der Waals surface area contributed by atoms with Gasteiger partial charge in [0.2, 0.25) is 0 Å². The van der Waals surface area contributed by atoms with Crippen LogP contribution < -0.4 is 5.32 Å². The van der Waals surface area contributed by atoms with E-state index in [-0.39, 0.29) is 0 Å². The predicted molar refractivity (Wildman–Crippen MR) is 62.5 cm³/mol. The molecule has 0 aliphatic heterocycles. The summed E-state index contributed by atoms with van der Waals surface area (Å²) in [6, 6.07) is 0.424. The molecule has 0 spiro atoms. The third-order valence-electron chi connectivity index (χ3n) is 3.59. The molecule has 0 bridgehead atoms. The molecule has 1 aliphatic carbocycles. The van der Waals surface area contributed by atoms with Crippen LogP contribution in [-0.2, 0) is 0 Å². The molecular weight excluding hydrogens is 172 g/mol. The molecule has 0 heterocycles. The van der Waals surface area contributed by atoms with Gasteiger partial charge in [0.05, 0.1) is 0 Å². The fourth-order valence-corrected chi connectivity index (χ4v) is 2.25. The average molecular weight is 196 g/mol. The minimum Gasteiger partial charge on any atom is -0.309 e. The van der Waals surface area contributed by atoms with Crippen LogP contribution >= 0.6 is 0 Å². The van der Waals surface area contributed by atoms with Crippen LogP contribution in [0.15, 0.2) is 12.7 Å². The molecule has 1 aliphatic rings. The summed E-state index contributed by atoms with van der Waals surface area (Å²) in [7, 11) is 4.40. The summed E-state index contributed by atoms with van der Waals surface area (Å²) in [6.45, 7) is 7.05. The molecule has 0 aromatic heterocycles. The van der Waals surface area contributed by atoms with Crippen LogP contribution in [0.3, 0.4) is 0 Å². The zero-order valence-corrected chi connectivity index (χ0v) is 9.84. The van der Waals surface area contributed by atoms with E-state index < -0.39 is 0 Å². The fraction of sp³-hybridized carbons (Fsp3) is 0.833. The molecule has 1 N–H and O–H groups in total. The molecular formula is C12H24N2. The SMILES string of the molecule is C=CC(C)NCC1(N(C)C)CCCC1. The molecule has 0 radical (unpaired) electrons. The molecule has 1 fully saturated rings. The van der Waals surface area contributed by atoms with Gasteiger partial charge in [0.15, 0.2) is 0 Å². The fourth-order valence-electron chi connectivity index (χ4n) is 2.25. The largest absolute Gasteiger partial charge is 0.309 e. The Hall–Kier alpha value is -0.340. The van der Waals surface area contributed by atoms with Crippen molar-refractivity contribution in [3.05, 3.63) is 12.7 Å². The second kappa shape index (κ2) is 4.94. The lowest BCUT2D eigenvalue weighted by Gasteiger charge is -2.37. The predicted octanol–water partition coefficient (Wildman–Crippen LogP) is 2.02. The highest BCUT2D eigenvalue weighted by Gasteiger charge is 2.35. The molecule has 0 aromatic carbocycles. The number of likely N-dealkylation sites (N-methyl/N-ethyl adjacent to an activating group) is 1. The van der Waals surface area contributed by atoms with Crippen molar-refractivity contribution in [1.29, 1.82) is 0 Å². The zero-order chi connectivity index (χ0) is 10.6. The Kier molecular flexibility index (Phi) is 4.14. The van der Waals surface area contributed by atoms with E-state index in [1.165, 1.54) is 25.7 Å². The summed E-state index contributed by atoms with van der Waals surface area (Å²) in [4.78, 5) is 2.39. The minimum absolute atomic E-state index is 0.400. The zero-order valence-electron chi connectivity index (χ0n) is 9.84. The number of hydrogen-bond acceptors (Lipinski definition) is 2. The van der Waals surface area contributed by atoms with Crippen LogP contribution in [0.1, 0.15) is 32.6 Å². The maximum atomic E-state index is 3.80. The van der Waals surface area contributed by atoms with Gasteiger partial charge in [-0.15, -0.1) is 6.58 Å². The van der Waals surface area contributed by atoms with Gasteiger partial charge in [-0.2, -0.15) is 0 Å². The van der Waals surface area contributed by atoms with Gasteiger partial charge in [-0.25, -0.2) is 0 Å². The maximum Gasteiger partial charge on any atom is 0.0328 e. The number of nitrogens with one attached hydrogen (secondary N) is 1. The van der Waals surface area contributed by atoms with E-state index >= 15 is 0 Å². The Morgan fingerprint density at radius 2 is 2.00 bits per heavy atom. The molecule has 1 rings (SSSR count). The second-order valence-electron chi connectivity index (χ2n) is 4.73. The van der Waals surface area contributed by atoms with Crippen LogP contribution in [0, 0.1) is 0 Å². The molecule has 2 nitrogen and oxygen atoms in total. The van der Waals surface area contributed by atoms with E-state index in [2.05, 4.69) is 37.8 Å². The lowest BCUT2D eigenvalue weighted by atomic mass is 9.95. The first-order valence-electron chi connectivity index (χ1n) is 5.64. The molecule has 0 amide bonds. The molecule has 14 heavy (non-hydrogen) atoms. The van der Waals surface area contributed by atoms with E-state index in [9.17, 15) is 0 Å². The Bertz CT molecular complexity index is 181. The summed E-state index contributed by atoms with van der Waals surface area (Å²) in [6.07, 6.45) is 7.39. The molecule has 2 heteroatoms. The molecule has 0 saturated heterocycles. The van der Waals surface area contributed by atoms with Crippen molar-refractivity contribution in [3.63, 3.8) is 0 Å². The van der Waals surface area contributed by atoms with Crippen LogP contribution in [0.4, 0.5) is 0 Å². The lowest BCUT2D eigenvalue weighted by Crippen LogP contribution is -2.51. The highest BCUT2D eigenvalue weighted by Crippen LogP contribution is 2.33. The Labute approximate surface area is 88.4 Å². The first kappa shape index (κ1) is 11.7. The lowest BCUT2D eigenvalue weighted by molar-refractivity contribution is 0.152. The first-order chi connectivity index (χ1) is 6.60. The molecule has 1 unspecified atom stereocenters. The molecule has 1 atom stereocenters. The summed E-state index contributed by atoms with van der Waals surface area (Å²) < 4.78 is 0. The highest BCUT2D eigenvalue weighted by atomic mass is 15.2. The van der Waals surface area contributed by atoms with Crippen molar-refractivity contribution in [2.24, 2.45) is 0 Å². The quantitative estimate of drug-likeness (QED) is 0.677. The van der Waals surface area contributed by atoms with Crippen LogP contribution in [0.25, 0.3) is 0 Å². The first-order valence-corrected chi connectivity index (χ1v) is 5.64. The number of hydrogen-bond donors (Lipinski definition) is 1. The van der Waals surface area contributed by atoms with Crippen molar-refractivity contribution < 1.29 is 0 Å². The Balaban J connectivity index is 2.48. The maximum absolute atomic E-state index is 3.80.